The minimum absolute atomic E-state index is 0.194. The SMILES string of the molecule is CC1=CCCN(S(=O)(=O)c2ccc(Cl)c(N)c2)C1. The summed E-state index contributed by atoms with van der Waals surface area (Å²) < 4.78 is 26.3. The molecule has 0 fully saturated rings. The molecule has 1 aliphatic heterocycles. The number of benzene rings is 1. The molecule has 1 aliphatic rings. The van der Waals surface area contributed by atoms with Gasteiger partial charge in [-0.15, -0.1) is 0 Å². The van der Waals surface area contributed by atoms with Gasteiger partial charge >= 0.3 is 0 Å². The van der Waals surface area contributed by atoms with Crippen LogP contribution < -0.4 is 5.73 Å². The quantitative estimate of drug-likeness (QED) is 0.670. The van der Waals surface area contributed by atoms with Gasteiger partial charge in [-0.2, -0.15) is 4.31 Å². The van der Waals surface area contributed by atoms with Crippen molar-refractivity contribution in [3.8, 4) is 0 Å². The maximum absolute atomic E-state index is 12.4. The third-order valence-corrected chi connectivity index (χ3v) is 5.09. The Hall–Kier alpha value is -1.04. The van der Waals surface area contributed by atoms with E-state index in [1.807, 2.05) is 6.92 Å². The van der Waals surface area contributed by atoms with E-state index in [1.165, 1.54) is 22.5 Å². The van der Waals surface area contributed by atoms with Crippen LogP contribution in [0.15, 0.2) is 34.7 Å². The predicted octanol–water partition coefficient (Wildman–Crippen LogP) is 2.26. The van der Waals surface area contributed by atoms with Crippen LogP contribution in [0, 0.1) is 0 Å². The number of nitrogens with two attached hydrogens (primary N) is 1. The van der Waals surface area contributed by atoms with Gasteiger partial charge in [-0.1, -0.05) is 23.3 Å². The monoisotopic (exact) mass is 286 g/mol. The van der Waals surface area contributed by atoms with Crippen LogP contribution in [0.5, 0.6) is 0 Å². The summed E-state index contributed by atoms with van der Waals surface area (Å²) in [5, 5.41) is 0.365. The van der Waals surface area contributed by atoms with E-state index in [0.717, 1.165) is 12.0 Å². The van der Waals surface area contributed by atoms with Crippen LogP contribution in [-0.4, -0.2) is 25.8 Å². The van der Waals surface area contributed by atoms with Crippen molar-refractivity contribution in [3.05, 3.63) is 34.9 Å². The van der Waals surface area contributed by atoms with E-state index < -0.39 is 10.0 Å². The Kier molecular flexibility index (Phi) is 3.66. The van der Waals surface area contributed by atoms with Crippen LogP contribution in [-0.2, 0) is 10.0 Å². The second kappa shape index (κ2) is 4.91. The number of halogens is 1. The molecule has 1 aromatic carbocycles. The molecule has 0 spiro atoms. The normalized spacial score (nSPS) is 17.6. The van der Waals surface area contributed by atoms with Gasteiger partial charge in [0.15, 0.2) is 0 Å². The first-order valence-electron chi connectivity index (χ1n) is 5.62. The molecule has 2 N–H and O–H groups in total. The van der Waals surface area contributed by atoms with Crippen LogP contribution in [0.25, 0.3) is 0 Å². The topological polar surface area (TPSA) is 63.4 Å². The first-order valence-corrected chi connectivity index (χ1v) is 7.44. The van der Waals surface area contributed by atoms with Crippen molar-refractivity contribution in [1.82, 2.24) is 4.31 Å². The first kappa shape index (κ1) is 13.4. The molecule has 0 unspecified atom stereocenters. The van der Waals surface area contributed by atoms with Crippen molar-refractivity contribution >= 4 is 27.3 Å². The van der Waals surface area contributed by atoms with Gasteiger partial charge in [0, 0.05) is 13.1 Å². The first-order chi connectivity index (χ1) is 8.41. The largest absolute Gasteiger partial charge is 0.397 e. The lowest BCUT2D eigenvalue weighted by atomic mass is 10.2. The predicted molar refractivity (Wildman–Crippen MR) is 73.0 cm³/mol. The van der Waals surface area contributed by atoms with Crippen LogP contribution >= 0.6 is 11.6 Å². The van der Waals surface area contributed by atoms with E-state index in [0.29, 0.717) is 18.1 Å². The number of nitrogens with zero attached hydrogens (tertiary/aromatic N) is 1. The Bertz CT molecular complexity index is 596. The Balaban J connectivity index is 2.36. The number of hydrogen-bond acceptors (Lipinski definition) is 3. The van der Waals surface area contributed by atoms with Gasteiger partial charge in [-0.25, -0.2) is 8.42 Å². The van der Waals surface area contributed by atoms with Crippen molar-refractivity contribution in [2.45, 2.75) is 18.2 Å². The summed E-state index contributed by atoms with van der Waals surface area (Å²) in [6.07, 6.45) is 2.80. The molecule has 0 saturated carbocycles. The van der Waals surface area contributed by atoms with E-state index in [-0.39, 0.29) is 10.6 Å². The zero-order valence-electron chi connectivity index (χ0n) is 10.1. The van der Waals surface area contributed by atoms with Crippen molar-refractivity contribution < 1.29 is 8.42 Å². The zero-order valence-corrected chi connectivity index (χ0v) is 11.6. The van der Waals surface area contributed by atoms with Crippen molar-refractivity contribution in [1.29, 1.82) is 0 Å². The van der Waals surface area contributed by atoms with Gasteiger partial charge in [0.2, 0.25) is 10.0 Å². The third kappa shape index (κ3) is 2.53. The molecule has 0 aliphatic carbocycles. The van der Waals surface area contributed by atoms with Gasteiger partial charge in [-0.3, -0.25) is 0 Å². The van der Waals surface area contributed by atoms with Crippen LogP contribution in [0.4, 0.5) is 5.69 Å². The molecule has 0 saturated heterocycles. The highest BCUT2D eigenvalue weighted by Crippen LogP contribution is 2.26. The zero-order chi connectivity index (χ0) is 13.3. The summed E-state index contributed by atoms with van der Waals surface area (Å²) in [6, 6.07) is 4.41. The lowest BCUT2D eigenvalue weighted by Crippen LogP contribution is -2.35. The summed E-state index contributed by atoms with van der Waals surface area (Å²) in [4.78, 5) is 0.194. The molecule has 1 heterocycles. The van der Waals surface area contributed by atoms with E-state index in [9.17, 15) is 8.42 Å². The number of hydrogen-bond donors (Lipinski definition) is 1. The van der Waals surface area contributed by atoms with Gasteiger partial charge in [0.1, 0.15) is 0 Å². The van der Waals surface area contributed by atoms with Crippen molar-refractivity contribution in [3.63, 3.8) is 0 Å². The lowest BCUT2D eigenvalue weighted by molar-refractivity contribution is 0.428. The highest BCUT2D eigenvalue weighted by Gasteiger charge is 2.26. The highest BCUT2D eigenvalue weighted by molar-refractivity contribution is 7.89. The Morgan fingerprint density at radius 2 is 2.11 bits per heavy atom. The maximum atomic E-state index is 12.4. The molecule has 18 heavy (non-hydrogen) atoms. The number of sulfonamides is 1. The number of nitrogen functional groups attached to an aromatic ring is 1. The Labute approximate surface area is 112 Å². The van der Waals surface area contributed by atoms with Gasteiger partial charge in [0.05, 0.1) is 15.6 Å². The molecule has 0 radical (unpaired) electrons. The molecular weight excluding hydrogens is 272 g/mol. The minimum Gasteiger partial charge on any atom is -0.397 e. The van der Waals surface area contributed by atoms with Crippen LogP contribution in [0.3, 0.4) is 0 Å². The second-order valence-corrected chi connectivity index (χ2v) is 6.71. The lowest BCUT2D eigenvalue weighted by Gasteiger charge is -2.25. The number of anilines is 1. The standard InChI is InChI=1S/C12H15ClN2O2S/c1-9-3-2-6-15(8-9)18(16,17)10-4-5-11(13)12(14)7-10/h3-5,7H,2,6,8,14H2,1H3. The van der Waals surface area contributed by atoms with Crippen LogP contribution in [0.1, 0.15) is 13.3 Å². The smallest absolute Gasteiger partial charge is 0.243 e. The molecule has 98 valence electrons. The molecule has 1 aromatic rings. The minimum atomic E-state index is -3.48. The Morgan fingerprint density at radius 3 is 2.72 bits per heavy atom. The molecule has 0 bridgehead atoms. The molecule has 0 amide bonds. The summed E-state index contributed by atoms with van der Waals surface area (Å²) in [6.45, 7) is 2.87. The Morgan fingerprint density at radius 1 is 1.39 bits per heavy atom. The van der Waals surface area contributed by atoms with Gasteiger partial charge in [0.25, 0.3) is 0 Å². The average Bonchev–Trinajstić information content (AvgIpc) is 2.32. The van der Waals surface area contributed by atoms with Crippen LogP contribution in [0.2, 0.25) is 5.02 Å². The average molecular weight is 287 g/mol. The molecule has 4 nitrogen and oxygen atoms in total. The van der Waals surface area contributed by atoms with Crippen molar-refractivity contribution in [2.24, 2.45) is 0 Å². The van der Waals surface area contributed by atoms with Gasteiger partial charge in [-0.05, 0) is 31.5 Å². The second-order valence-electron chi connectivity index (χ2n) is 4.36. The van der Waals surface area contributed by atoms with E-state index in [1.54, 1.807) is 0 Å². The highest BCUT2D eigenvalue weighted by atomic mass is 35.5. The fourth-order valence-corrected chi connectivity index (χ4v) is 3.56. The molecule has 2 rings (SSSR count). The molecule has 0 atom stereocenters. The molecular formula is C12H15ClN2O2S. The summed E-state index contributed by atoms with van der Waals surface area (Å²) >= 11 is 5.80. The molecule has 0 aromatic heterocycles. The maximum Gasteiger partial charge on any atom is 0.243 e. The fraction of sp³-hybridized carbons (Fsp3) is 0.333. The van der Waals surface area contributed by atoms with Gasteiger partial charge < -0.3 is 5.73 Å². The van der Waals surface area contributed by atoms with Crippen molar-refractivity contribution in [2.75, 3.05) is 18.8 Å². The number of rotatable bonds is 2. The van der Waals surface area contributed by atoms with E-state index in [2.05, 4.69) is 6.08 Å². The summed E-state index contributed by atoms with van der Waals surface area (Å²) in [7, 11) is -3.48. The third-order valence-electron chi connectivity index (χ3n) is 2.90. The van der Waals surface area contributed by atoms with E-state index in [4.69, 9.17) is 17.3 Å². The summed E-state index contributed by atoms with van der Waals surface area (Å²) in [5.41, 5.74) is 6.99. The fourth-order valence-electron chi connectivity index (χ4n) is 1.91. The van der Waals surface area contributed by atoms with E-state index >= 15 is 0 Å². The molecule has 6 heteroatoms. The summed E-state index contributed by atoms with van der Waals surface area (Å²) in [5.74, 6) is 0.